The number of hydrogen-bond acceptors (Lipinski definition) is 4. The van der Waals surface area contributed by atoms with Gasteiger partial charge in [-0.3, -0.25) is 4.90 Å². The fraction of sp³-hybridized carbons (Fsp3) is 0.379. The van der Waals surface area contributed by atoms with Gasteiger partial charge in [-0.1, -0.05) is 18.2 Å². The topological polar surface area (TPSA) is 59.0 Å². The zero-order valence-electron chi connectivity index (χ0n) is 19.6. The first-order valence-corrected chi connectivity index (χ1v) is 12.6. The van der Waals surface area contributed by atoms with Crippen molar-refractivity contribution in [2.75, 3.05) is 31.1 Å². The lowest BCUT2D eigenvalue weighted by Gasteiger charge is -2.36. The molecule has 2 aromatic heterocycles. The molecule has 2 fully saturated rings. The van der Waals surface area contributed by atoms with E-state index in [2.05, 4.69) is 69.5 Å². The fourth-order valence-electron chi connectivity index (χ4n) is 6.06. The summed E-state index contributed by atoms with van der Waals surface area (Å²) >= 11 is 0. The predicted molar refractivity (Wildman–Crippen MR) is 138 cm³/mol. The van der Waals surface area contributed by atoms with Crippen molar-refractivity contribution in [3.05, 3.63) is 71.9 Å². The number of aromatic nitrogens is 2. The van der Waals surface area contributed by atoms with Gasteiger partial charge in [0.15, 0.2) is 0 Å². The number of benzene rings is 2. The molecule has 5 heteroatoms. The third kappa shape index (κ3) is 4.03. The van der Waals surface area contributed by atoms with Gasteiger partial charge >= 0.3 is 0 Å². The van der Waals surface area contributed by atoms with E-state index in [4.69, 9.17) is 4.98 Å². The first kappa shape index (κ1) is 21.2. The van der Waals surface area contributed by atoms with E-state index in [0.29, 0.717) is 12.0 Å². The van der Waals surface area contributed by atoms with Crippen LogP contribution in [0, 0.1) is 11.3 Å². The van der Waals surface area contributed by atoms with Crippen LogP contribution in [0.3, 0.4) is 0 Å². The van der Waals surface area contributed by atoms with Crippen molar-refractivity contribution in [2.45, 2.75) is 44.1 Å². The lowest BCUT2D eigenvalue weighted by Crippen LogP contribution is -2.40. The molecule has 0 amide bonds. The minimum Gasteiger partial charge on any atom is -0.361 e. The van der Waals surface area contributed by atoms with Gasteiger partial charge in [-0.15, -0.1) is 0 Å². The second-order valence-electron chi connectivity index (χ2n) is 9.86. The number of nitrogens with one attached hydrogen (secondary N) is 1. The number of anilines is 1. The molecule has 0 spiro atoms. The van der Waals surface area contributed by atoms with Gasteiger partial charge in [-0.2, -0.15) is 5.26 Å². The summed E-state index contributed by atoms with van der Waals surface area (Å²) in [6.07, 6.45) is 8.32. The molecule has 0 bridgehead atoms. The van der Waals surface area contributed by atoms with Crippen molar-refractivity contribution in [1.29, 1.82) is 5.26 Å². The summed E-state index contributed by atoms with van der Waals surface area (Å²) in [4.78, 5) is 13.6. The Hall–Kier alpha value is -3.36. The van der Waals surface area contributed by atoms with Gasteiger partial charge in [0.2, 0.25) is 0 Å². The number of para-hydroxylation sites is 1. The normalized spacial score (nSPS) is 22.0. The second kappa shape index (κ2) is 9.12. The zero-order chi connectivity index (χ0) is 22.9. The maximum absolute atomic E-state index is 9.30. The molecule has 1 saturated carbocycles. The van der Waals surface area contributed by atoms with E-state index in [-0.39, 0.29) is 0 Å². The zero-order valence-corrected chi connectivity index (χ0v) is 19.6. The van der Waals surface area contributed by atoms with E-state index in [0.717, 1.165) is 42.0 Å². The average Bonchev–Trinajstić information content (AvgIpc) is 3.16. The Morgan fingerprint density at radius 3 is 2.68 bits per heavy atom. The quantitative estimate of drug-likeness (QED) is 0.428. The molecule has 1 aliphatic heterocycles. The molecular formula is C29H31N5. The minimum atomic E-state index is 0.587. The van der Waals surface area contributed by atoms with E-state index in [1.54, 1.807) is 0 Å². The van der Waals surface area contributed by atoms with Crippen LogP contribution in [0.1, 0.15) is 49.1 Å². The summed E-state index contributed by atoms with van der Waals surface area (Å²) in [7, 11) is 0. The van der Waals surface area contributed by atoms with Gasteiger partial charge in [0.25, 0.3) is 0 Å². The van der Waals surface area contributed by atoms with Crippen LogP contribution in [0.2, 0.25) is 0 Å². The molecular weight excluding hydrogens is 418 g/mol. The molecule has 1 N–H and O–H groups in total. The van der Waals surface area contributed by atoms with Crippen molar-refractivity contribution in [1.82, 2.24) is 14.9 Å². The van der Waals surface area contributed by atoms with Crippen LogP contribution < -0.4 is 4.90 Å². The van der Waals surface area contributed by atoms with Crippen molar-refractivity contribution in [3.63, 3.8) is 0 Å². The van der Waals surface area contributed by atoms with Crippen molar-refractivity contribution < 1.29 is 0 Å². The molecule has 34 heavy (non-hydrogen) atoms. The Labute approximate surface area is 201 Å². The Balaban J connectivity index is 1.10. The first-order valence-electron chi connectivity index (χ1n) is 12.6. The molecule has 5 nitrogen and oxygen atoms in total. The molecule has 2 aliphatic rings. The number of nitriles is 1. The minimum absolute atomic E-state index is 0.587. The predicted octanol–water partition coefficient (Wildman–Crippen LogP) is 5.83. The van der Waals surface area contributed by atoms with Crippen molar-refractivity contribution >= 4 is 27.6 Å². The second-order valence-corrected chi connectivity index (χ2v) is 9.86. The summed E-state index contributed by atoms with van der Waals surface area (Å²) in [5.74, 6) is 1.70. The summed E-state index contributed by atoms with van der Waals surface area (Å²) in [5.41, 5.74) is 4.37. The summed E-state index contributed by atoms with van der Waals surface area (Å²) in [5, 5.41) is 11.7. The Bertz CT molecular complexity index is 1340. The third-order valence-corrected chi connectivity index (χ3v) is 7.93. The van der Waals surface area contributed by atoms with Crippen LogP contribution in [0.25, 0.3) is 21.8 Å². The molecule has 4 aromatic rings. The van der Waals surface area contributed by atoms with Crippen LogP contribution >= 0.6 is 0 Å². The Morgan fingerprint density at radius 2 is 1.79 bits per heavy atom. The maximum Gasteiger partial charge on any atom is 0.129 e. The molecule has 1 aliphatic carbocycles. The fourth-order valence-corrected chi connectivity index (χ4v) is 6.06. The molecule has 0 radical (unpaired) electrons. The SMILES string of the molecule is N#Cc1ccc2[nH]cc(C3CCC(N4CCCN(c5ccc6ccccc6n5)CC4)CC3)c2c1. The summed E-state index contributed by atoms with van der Waals surface area (Å²) < 4.78 is 0. The number of hydrogen-bond donors (Lipinski definition) is 1. The number of rotatable bonds is 3. The number of H-pyrrole nitrogens is 1. The number of aromatic amines is 1. The highest BCUT2D eigenvalue weighted by Gasteiger charge is 2.29. The Morgan fingerprint density at radius 1 is 0.912 bits per heavy atom. The molecule has 172 valence electrons. The average molecular weight is 450 g/mol. The van der Waals surface area contributed by atoms with Crippen molar-refractivity contribution in [3.8, 4) is 6.07 Å². The number of fused-ring (bicyclic) bond motifs is 2. The highest BCUT2D eigenvalue weighted by atomic mass is 15.3. The number of nitrogens with zero attached hydrogens (tertiary/aromatic N) is 4. The first-order chi connectivity index (χ1) is 16.8. The van der Waals surface area contributed by atoms with Gasteiger partial charge < -0.3 is 9.88 Å². The highest BCUT2D eigenvalue weighted by Crippen LogP contribution is 2.38. The van der Waals surface area contributed by atoms with Crippen LogP contribution in [-0.2, 0) is 0 Å². The standard InChI is InChI=1S/C29H31N5/c30-19-21-6-12-28-25(18-21)26(20-31-28)22-7-10-24(11-8-22)33-14-3-15-34(17-16-33)29-13-9-23-4-1-2-5-27(23)32-29/h1-2,4-6,9,12-13,18,20,22,24,31H,3,7-8,10-11,14-17H2. The number of pyridine rings is 1. The lowest BCUT2D eigenvalue weighted by molar-refractivity contribution is 0.159. The van der Waals surface area contributed by atoms with Gasteiger partial charge in [0.05, 0.1) is 17.1 Å². The van der Waals surface area contributed by atoms with E-state index in [1.165, 1.54) is 55.0 Å². The lowest BCUT2D eigenvalue weighted by atomic mass is 9.81. The highest BCUT2D eigenvalue weighted by molar-refractivity contribution is 5.85. The molecule has 0 unspecified atom stereocenters. The molecule has 0 atom stereocenters. The molecule has 2 aromatic carbocycles. The van der Waals surface area contributed by atoms with Crippen molar-refractivity contribution in [2.24, 2.45) is 0 Å². The van der Waals surface area contributed by atoms with Gasteiger partial charge in [-0.05, 0) is 80.0 Å². The van der Waals surface area contributed by atoms with Crippen LogP contribution in [0.4, 0.5) is 5.82 Å². The van der Waals surface area contributed by atoms with Crippen LogP contribution in [-0.4, -0.2) is 47.1 Å². The van der Waals surface area contributed by atoms with Gasteiger partial charge in [-0.25, -0.2) is 4.98 Å². The molecule has 3 heterocycles. The molecule has 6 rings (SSSR count). The largest absolute Gasteiger partial charge is 0.361 e. The van der Waals surface area contributed by atoms with Gasteiger partial charge in [0.1, 0.15) is 5.82 Å². The Kier molecular flexibility index (Phi) is 5.68. The third-order valence-electron chi connectivity index (χ3n) is 7.93. The van der Waals surface area contributed by atoms with E-state index >= 15 is 0 Å². The summed E-state index contributed by atoms with van der Waals surface area (Å²) in [6.45, 7) is 4.42. The monoisotopic (exact) mass is 449 g/mol. The van der Waals surface area contributed by atoms with E-state index < -0.39 is 0 Å². The van der Waals surface area contributed by atoms with Gasteiger partial charge in [0, 0.05) is 54.7 Å². The van der Waals surface area contributed by atoms with E-state index in [1.807, 2.05) is 12.1 Å². The van der Waals surface area contributed by atoms with E-state index in [9.17, 15) is 5.26 Å². The van der Waals surface area contributed by atoms with Crippen LogP contribution in [0.5, 0.6) is 0 Å². The summed E-state index contributed by atoms with van der Waals surface area (Å²) in [6, 6.07) is 21.7. The van der Waals surface area contributed by atoms with Crippen LogP contribution in [0.15, 0.2) is 60.8 Å². The molecule has 1 saturated heterocycles. The maximum atomic E-state index is 9.30. The smallest absolute Gasteiger partial charge is 0.129 e.